The lowest BCUT2D eigenvalue weighted by Crippen LogP contribution is -2.43. The Balaban J connectivity index is 1.97. The van der Waals surface area contributed by atoms with E-state index in [4.69, 9.17) is 4.74 Å². The Morgan fingerprint density at radius 2 is 2.00 bits per heavy atom. The zero-order valence-corrected chi connectivity index (χ0v) is 10.5. The number of ether oxygens (including phenoxy) is 1. The van der Waals surface area contributed by atoms with Crippen molar-refractivity contribution in [2.24, 2.45) is 0 Å². The van der Waals surface area contributed by atoms with Gasteiger partial charge in [-0.05, 0) is 25.3 Å². The minimum absolute atomic E-state index is 0.388. The Morgan fingerprint density at radius 3 is 2.53 bits per heavy atom. The van der Waals surface area contributed by atoms with Crippen LogP contribution in [0.15, 0.2) is 36.8 Å². The predicted octanol–water partition coefficient (Wildman–Crippen LogP) is 2.04. The van der Waals surface area contributed by atoms with Gasteiger partial charge in [-0.15, -0.1) is 0 Å². The number of nitrogens with zero attached hydrogens (tertiary/aromatic N) is 1. The zero-order valence-electron chi connectivity index (χ0n) is 10.5. The van der Waals surface area contributed by atoms with Gasteiger partial charge in [-0.3, -0.25) is 0 Å². The van der Waals surface area contributed by atoms with E-state index in [2.05, 4.69) is 23.4 Å². The number of rotatable bonds is 5. The Kier molecular flexibility index (Phi) is 4.26. The molecule has 0 aromatic heterocycles. The van der Waals surface area contributed by atoms with Crippen molar-refractivity contribution in [3.8, 4) is 0 Å². The summed E-state index contributed by atoms with van der Waals surface area (Å²) < 4.78 is 5.88. The van der Waals surface area contributed by atoms with Gasteiger partial charge in [-0.1, -0.05) is 19.2 Å². The van der Waals surface area contributed by atoms with Gasteiger partial charge in [-0.25, -0.2) is 0 Å². The van der Waals surface area contributed by atoms with Crippen LogP contribution in [0.2, 0.25) is 0 Å². The quantitative estimate of drug-likeness (QED) is 0.582. The summed E-state index contributed by atoms with van der Waals surface area (Å²) >= 11 is 0. The summed E-state index contributed by atoms with van der Waals surface area (Å²) in [6.45, 7) is 11.9. The molecule has 3 nitrogen and oxygen atoms in total. The number of piperazine rings is 1. The average molecular weight is 234 g/mol. The molecule has 3 heteroatoms. The average Bonchev–Trinajstić information content (AvgIpc) is 2.31. The summed E-state index contributed by atoms with van der Waals surface area (Å²) in [6.07, 6.45) is 7.83. The van der Waals surface area contributed by atoms with Gasteiger partial charge in [0.1, 0.15) is 5.76 Å². The van der Waals surface area contributed by atoms with Crippen molar-refractivity contribution in [3.05, 3.63) is 36.8 Å². The monoisotopic (exact) mass is 234 g/mol. The SMILES string of the molecule is C=C/C=C(\C(=C)OC1CCC1)N1CCNCC1. The van der Waals surface area contributed by atoms with Gasteiger partial charge in [-0.2, -0.15) is 0 Å². The molecule has 94 valence electrons. The van der Waals surface area contributed by atoms with Crippen LogP contribution in [0.1, 0.15) is 19.3 Å². The van der Waals surface area contributed by atoms with Crippen LogP contribution in [0.3, 0.4) is 0 Å². The van der Waals surface area contributed by atoms with Gasteiger partial charge in [0.25, 0.3) is 0 Å². The molecule has 1 saturated heterocycles. The van der Waals surface area contributed by atoms with Gasteiger partial charge in [0.2, 0.25) is 0 Å². The molecule has 1 N–H and O–H groups in total. The number of nitrogens with one attached hydrogen (secondary N) is 1. The maximum atomic E-state index is 5.88. The van der Waals surface area contributed by atoms with E-state index in [0.717, 1.165) is 37.6 Å². The first kappa shape index (κ1) is 12.2. The Morgan fingerprint density at radius 1 is 1.29 bits per heavy atom. The molecule has 1 heterocycles. The van der Waals surface area contributed by atoms with Crippen molar-refractivity contribution in [3.63, 3.8) is 0 Å². The van der Waals surface area contributed by atoms with Crippen molar-refractivity contribution >= 4 is 0 Å². The highest BCUT2D eigenvalue weighted by Gasteiger charge is 2.22. The minimum Gasteiger partial charge on any atom is -0.489 e. The molecule has 0 bridgehead atoms. The van der Waals surface area contributed by atoms with Crippen molar-refractivity contribution in [1.29, 1.82) is 0 Å². The lowest BCUT2D eigenvalue weighted by atomic mass is 9.96. The van der Waals surface area contributed by atoms with Crippen LogP contribution < -0.4 is 5.32 Å². The van der Waals surface area contributed by atoms with Crippen LogP contribution in [0.5, 0.6) is 0 Å². The number of hydrogen-bond acceptors (Lipinski definition) is 3. The highest BCUT2D eigenvalue weighted by Crippen LogP contribution is 2.27. The molecule has 0 amide bonds. The third-order valence-electron chi connectivity index (χ3n) is 3.38. The van der Waals surface area contributed by atoms with E-state index in [1.807, 2.05) is 12.2 Å². The molecule has 0 atom stereocenters. The molecule has 2 aliphatic rings. The highest BCUT2D eigenvalue weighted by atomic mass is 16.5. The molecule has 2 fully saturated rings. The first-order chi connectivity index (χ1) is 8.31. The van der Waals surface area contributed by atoms with Crippen LogP contribution >= 0.6 is 0 Å². The Bertz CT molecular complexity index is 312. The minimum atomic E-state index is 0.388. The van der Waals surface area contributed by atoms with Gasteiger partial charge in [0.15, 0.2) is 0 Å². The van der Waals surface area contributed by atoms with E-state index in [1.54, 1.807) is 0 Å². The second-order valence-corrected chi connectivity index (χ2v) is 4.62. The fourth-order valence-corrected chi connectivity index (χ4v) is 2.14. The molecular weight excluding hydrogens is 212 g/mol. The molecule has 1 aliphatic carbocycles. The number of hydrogen-bond donors (Lipinski definition) is 1. The normalized spacial score (nSPS) is 21.9. The zero-order chi connectivity index (χ0) is 12.1. The highest BCUT2D eigenvalue weighted by molar-refractivity contribution is 5.26. The lowest BCUT2D eigenvalue weighted by Gasteiger charge is -2.34. The molecule has 0 aromatic rings. The van der Waals surface area contributed by atoms with E-state index in [0.29, 0.717) is 6.10 Å². The molecule has 17 heavy (non-hydrogen) atoms. The molecular formula is C14H22N2O. The summed E-state index contributed by atoms with van der Waals surface area (Å²) in [6, 6.07) is 0. The Labute approximate surface area is 104 Å². The van der Waals surface area contributed by atoms with Crippen molar-refractivity contribution in [2.45, 2.75) is 25.4 Å². The van der Waals surface area contributed by atoms with E-state index >= 15 is 0 Å². The fourth-order valence-electron chi connectivity index (χ4n) is 2.14. The third kappa shape index (κ3) is 3.13. The van der Waals surface area contributed by atoms with Crippen LogP contribution in [0.4, 0.5) is 0 Å². The molecule has 2 rings (SSSR count). The Hall–Kier alpha value is -1.22. The van der Waals surface area contributed by atoms with Gasteiger partial charge < -0.3 is 15.0 Å². The second kappa shape index (κ2) is 5.92. The van der Waals surface area contributed by atoms with Crippen LogP contribution in [0.25, 0.3) is 0 Å². The smallest absolute Gasteiger partial charge is 0.135 e. The first-order valence-corrected chi connectivity index (χ1v) is 6.45. The summed E-state index contributed by atoms with van der Waals surface area (Å²) in [4.78, 5) is 2.32. The standard InChI is InChI=1S/C14H22N2O/c1-3-5-14(16-10-8-15-9-11-16)12(2)17-13-6-4-7-13/h3,5,13,15H,1-2,4,6-11H2/b14-5+. The first-order valence-electron chi connectivity index (χ1n) is 6.45. The third-order valence-corrected chi connectivity index (χ3v) is 3.38. The second-order valence-electron chi connectivity index (χ2n) is 4.62. The molecule has 0 radical (unpaired) electrons. The molecule has 1 saturated carbocycles. The van der Waals surface area contributed by atoms with E-state index in [9.17, 15) is 0 Å². The maximum Gasteiger partial charge on any atom is 0.135 e. The van der Waals surface area contributed by atoms with Crippen molar-refractivity contribution in [2.75, 3.05) is 26.2 Å². The predicted molar refractivity (Wildman–Crippen MR) is 70.6 cm³/mol. The summed E-state index contributed by atoms with van der Waals surface area (Å²) in [7, 11) is 0. The molecule has 1 aliphatic heterocycles. The lowest BCUT2D eigenvalue weighted by molar-refractivity contribution is 0.0506. The summed E-state index contributed by atoms with van der Waals surface area (Å²) in [5.74, 6) is 0.802. The molecule has 0 spiro atoms. The topological polar surface area (TPSA) is 24.5 Å². The molecule has 0 aromatic carbocycles. The van der Waals surface area contributed by atoms with Gasteiger partial charge in [0, 0.05) is 26.2 Å². The van der Waals surface area contributed by atoms with E-state index < -0.39 is 0 Å². The maximum absolute atomic E-state index is 5.88. The number of allylic oxidation sites excluding steroid dienone is 2. The summed E-state index contributed by atoms with van der Waals surface area (Å²) in [5.41, 5.74) is 1.09. The van der Waals surface area contributed by atoms with E-state index in [-0.39, 0.29) is 0 Å². The van der Waals surface area contributed by atoms with Crippen molar-refractivity contribution in [1.82, 2.24) is 10.2 Å². The van der Waals surface area contributed by atoms with Crippen LogP contribution in [-0.2, 0) is 4.74 Å². The van der Waals surface area contributed by atoms with Crippen molar-refractivity contribution < 1.29 is 4.74 Å². The largest absolute Gasteiger partial charge is 0.489 e. The molecule has 0 unspecified atom stereocenters. The summed E-state index contributed by atoms with van der Waals surface area (Å²) in [5, 5.41) is 3.35. The fraction of sp³-hybridized carbons (Fsp3) is 0.571. The van der Waals surface area contributed by atoms with Gasteiger partial charge >= 0.3 is 0 Å². The van der Waals surface area contributed by atoms with Crippen LogP contribution in [0, 0.1) is 0 Å². The van der Waals surface area contributed by atoms with Gasteiger partial charge in [0.05, 0.1) is 11.8 Å². The van der Waals surface area contributed by atoms with E-state index in [1.165, 1.54) is 19.3 Å². The van der Waals surface area contributed by atoms with Crippen LogP contribution in [-0.4, -0.2) is 37.2 Å².